The smallest absolute Gasteiger partial charge is 0.248 e. The summed E-state index contributed by atoms with van der Waals surface area (Å²) in [5.41, 5.74) is 6.72. The normalized spacial score (nSPS) is 10.5. The molecular formula is C15H12N2O2. The molecule has 0 atom stereocenters. The standard InChI is InChI=1S/C15H12N2O2/c16-15(19)12-5-3-4-11(10-12)7-8-14(18)13-6-1-2-9-17-13/h1-10H,(H2,16,19)/b8-7+. The minimum absolute atomic E-state index is 0.190. The highest BCUT2D eigenvalue weighted by atomic mass is 16.1. The van der Waals surface area contributed by atoms with Gasteiger partial charge >= 0.3 is 0 Å². The Hall–Kier alpha value is -2.75. The van der Waals surface area contributed by atoms with Crippen LogP contribution in [0.1, 0.15) is 26.4 Å². The lowest BCUT2D eigenvalue weighted by molar-refractivity contribution is 0.0999. The zero-order valence-corrected chi connectivity index (χ0v) is 10.1. The first-order valence-electron chi connectivity index (χ1n) is 5.70. The number of nitrogens with two attached hydrogens (primary N) is 1. The van der Waals surface area contributed by atoms with E-state index in [4.69, 9.17) is 5.73 Å². The van der Waals surface area contributed by atoms with Crippen molar-refractivity contribution in [3.63, 3.8) is 0 Å². The van der Waals surface area contributed by atoms with Crippen LogP contribution in [0.25, 0.3) is 6.08 Å². The van der Waals surface area contributed by atoms with Crippen molar-refractivity contribution in [1.82, 2.24) is 4.98 Å². The molecule has 0 aliphatic heterocycles. The van der Waals surface area contributed by atoms with E-state index in [0.29, 0.717) is 11.3 Å². The Labute approximate surface area is 110 Å². The maximum Gasteiger partial charge on any atom is 0.248 e. The first kappa shape index (κ1) is 12.7. The number of hydrogen-bond donors (Lipinski definition) is 1. The maximum atomic E-state index is 11.8. The molecule has 1 aromatic heterocycles. The highest BCUT2D eigenvalue weighted by molar-refractivity contribution is 6.05. The molecule has 0 aliphatic rings. The summed E-state index contributed by atoms with van der Waals surface area (Å²) in [5, 5.41) is 0. The number of aromatic nitrogens is 1. The van der Waals surface area contributed by atoms with E-state index in [1.165, 1.54) is 6.08 Å². The van der Waals surface area contributed by atoms with Gasteiger partial charge in [-0.15, -0.1) is 0 Å². The Morgan fingerprint density at radius 2 is 1.95 bits per heavy atom. The van der Waals surface area contributed by atoms with E-state index in [9.17, 15) is 9.59 Å². The topological polar surface area (TPSA) is 73.1 Å². The fraction of sp³-hybridized carbons (Fsp3) is 0. The monoisotopic (exact) mass is 252 g/mol. The molecule has 2 aromatic rings. The Balaban J connectivity index is 2.17. The molecular weight excluding hydrogens is 240 g/mol. The van der Waals surface area contributed by atoms with Gasteiger partial charge in [0.05, 0.1) is 0 Å². The van der Waals surface area contributed by atoms with E-state index >= 15 is 0 Å². The summed E-state index contributed by atoms with van der Waals surface area (Å²) < 4.78 is 0. The Bertz CT molecular complexity index is 634. The summed E-state index contributed by atoms with van der Waals surface area (Å²) in [4.78, 5) is 26.8. The van der Waals surface area contributed by atoms with Crippen LogP contribution in [-0.2, 0) is 0 Å². The van der Waals surface area contributed by atoms with Crippen molar-refractivity contribution >= 4 is 17.8 Å². The van der Waals surface area contributed by atoms with Crippen LogP contribution in [-0.4, -0.2) is 16.7 Å². The molecule has 0 radical (unpaired) electrons. The lowest BCUT2D eigenvalue weighted by Crippen LogP contribution is -2.10. The van der Waals surface area contributed by atoms with Gasteiger partial charge in [0, 0.05) is 11.8 Å². The summed E-state index contributed by atoms with van der Waals surface area (Å²) >= 11 is 0. The molecule has 2 rings (SSSR count). The number of primary amides is 1. The molecule has 1 amide bonds. The van der Waals surface area contributed by atoms with Crippen molar-refractivity contribution in [3.8, 4) is 0 Å². The second-order valence-electron chi connectivity index (χ2n) is 3.90. The number of ketones is 1. The van der Waals surface area contributed by atoms with E-state index < -0.39 is 5.91 Å². The van der Waals surface area contributed by atoms with Crippen LogP contribution in [0, 0.1) is 0 Å². The van der Waals surface area contributed by atoms with Gasteiger partial charge in [0.15, 0.2) is 0 Å². The third-order valence-corrected chi connectivity index (χ3v) is 2.52. The molecule has 4 nitrogen and oxygen atoms in total. The van der Waals surface area contributed by atoms with Gasteiger partial charge < -0.3 is 5.73 Å². The summed E-state index contributed by atoms with van der Waals surface area (Å²) in [6.07, 6.45) is 4.61. The van der Waals surface area contributed by atoms with Crippen LogP contribution in [0.3, 0.4) is 0 Å². The van der Waals surface area contributed by atoms with Crippen LogP contribution in [0.15, 0.2) is 54.7 Å². The average Bonchev–Trinajstić information content (AvgIpc) is 2.46. The number of rotatable bonds is 4. The summed E-state index contributed by atoms with van der Waals surface area (Å²) in [5.74, 6) is -0.684. The van der Waals surface area contributed by atoms with Crippen LogP contribution < -0.4 is 5.73 Å². The molecule has 2 N–H and O–H groups in total. The quantitative estimate of drug-likeness (QED) is 0.668. The lowest BCUT2D eigenvalue weighted by atomic mass is 10.1. The number of pyridine rings is 1. The van der Waals surface area contributed by atoms with Crippen molar-refractivity contribution in [1.29, 1.82) is 0 Å². The molecule has 1 aromatic carbocycles. The van der Waals surface area contributed by atoms with Gasteiger partial charge in [-0.25, -0.2) is 0 Å². The van der Waals surface area contributed by atoms with Crippen LogP contribution >= 0.6 is 0 Å². The second kappa shape index (κ2) is 5.73. The first-order chi connectivity index (χ1) is 9.16. The van der Waals surface area contributed by atoms with Crippen molar-refractivity contribution in [3.05, 3.63) is 71.6 Å². The van der Waals surface area contributed by atoms with E-state index in [1.54, 1.807) is 54.7 Å². The molecule has 94 valence electrons. The van der Waals surface area contributed by atoms with E-state index in [1.807, 2.05) is 0 Å². The third kappa shape index (κ3) is 3.35. The number of carbonyl (C=O) groups is 2. The number of carbonyl (C=O) groups excluding carboxylic acids is 2. The maximum absolute atomic E-state index is 11.8. The van der Waals surface area contributed by atoms with Gasteiger partial charge in [0.1, 0.15) is 5.69 Å². The number of hydrogen-bond acceptors (Lipinski definition) is 3. The van der Waals surface area contributed by atoms with Gasteiger partial charge in [-0.1, -0.05) is 24.3 Å². The van der Waals surface area contributed by atoms with Crippen LogP contribution in [0.4, 0.5) is 0 Å². The average molecular weight is 252 g/mol. The third-order valence-electron chi connectivity index (χ3n) is 2.52. The molecule has 0 unspecified atom stereocenters. The highest BCUT2D eigenvalue weighted by Crippen LogP contribution is 2.07. The fourth-order valence-electron chi connectivity index (χ4n) is 1.56. The van der Waals surface area contributed by atoms with Gasteiger partial charge in [-0.05, 0) is 35.9 Å². The number of benzene rings is 1. The minimum atomic E-state index is -0.494. The SMILES string of the molecule is NC(=O)c1cccc(/C=C/C(=O)c2ccccn2)c1. The number of allylic oxidation sites excluding steroid dienone is 1. The van der Waals surface area contributed by atoms with E-state index in [-0.39, 0.29) is 5.78 Å². The van der Waals surface area contributed by atoms with Gasteiger partial charge in [-0.2, -0.15) is 0 Å². The lowest BCUT2D eigenvalue weighted by Gasteiger charge is -1.97. The van der Waals surface area contributed by atoms with Gasteiger partial charge in [-0.3, -0.25) is 14.6 Å². The van der Waals surface area contributed by atoms with Gasteiger partial charge in [0.25, 0.3) is 0 Å². The largest absolute Gasteiger partial charge is 0.366 e. The first-order valence-corrected chi connectivity index (χ1v) is 5.70. The minimum Gasteiger partial charge on any atom is -0.366 e. The molecule has 0 spiro atoms. The Morgan fingerprint density at radius 1 is 1.11 bits per heavy atom. The van der Waals surface area contributed by atoms with E-state index in [0.717, 1.165) is 5.56 Å². The predicted molar refractivity (Wildman–Crippen MR) is 72.6 cm³/mol. The molecule has 4 heteroatoms. The zero-order chi connectivity index (χ0) is 13.7. The molecule has 1 heterocycles. The summed E-state index contributed by atoms with van der Waals surface area (Å²) in [6.45, 7) is 0. The Morgan fingerprint density at radius 3 is 2.63 bits per heavy atom. The van der Waals surface area contributed by atoms with Crippen molar-refractivity contribution in [2.75, 3.05) is 0 Å². The Kier molecular flexibility index (Phi) is 3.83. The van der Waals surface area contributed by atoms with Crippen molar-refractivity contribution in [2.45, 2.75) is 0 Å². The molecule has 0 saturated heterocycles. The highest BCUT2D eigenvalue weighted by Gasteiger charge is 2.02. The fourth-order valence-corrected chi connectivity index (χ4v) is 1.56. The number of nitrogens with zero attached hydrogens (tertiary/aromatic N) is 1. The van der Waals surface area contributed by atoms with Crippen molar-refractivity contribution < 1.29 is 9.59 Å². The van der Waals surface area contributed by atoms with E-state index in [2.05, 4.69) is 4.98 Å². The zero-order valence-electron chi connectivity index (χ0n) is 10.1. The molecule has 19 heavy (non-hydrogen) atoms. The molecule has 0 fully saturated rings. The van der Waals surface area contributed by atoms with Gasteiger partial charge in [0.2, 0.25) is 11.7 Å². The van der Waals surface area contributed by atoms with Crippen LogP contribution in [0.5, 0.6) is 0 Å². The predicted octanol–water partition coefficient (Wildman–Crippen LogP) is 2.08. The summed E-state index contributed by atoms with van der Waals surface area (Å²) in [7, 11) is 0. The molecule has 0 saturated carbocycles. The van der Waals surface area contributed by atoms with Crippen molar-refractivity contribution in [2.24, 2.45) is 5.73 Å². The summed E-state index contributed by atoms with van der Waals surface area (Å²) in [6, 6.07) is 11.9. The molecule has 0 bridgehead atoms. The molecule has 0 aliphatic carbocycles. The second-order valence-corrected chi connectivity index (χ2v) is 3.90. The number of amides is 1. The van der Waals surface area contributed by atoms with Crippen LogP contribution in [0.2, 0.25) is 0 Å².